The fourth-order valence-corrected chi connectivity index (χ4v) is 5.57. The molecule has 1 aromatic carbocycles. The molecule has 0 radical (unpaired) electrons. The molecule has 3 saturated heterocycles. The van der Waals surface area contributed by atoms with Crippen LogP contribution >= 0.6 is 11.6 Å². The van der Waals surface area contributed by atoms with Gasteiger partial charge in [-0.15, -0.1) is 0 Å². The second-order valence-electron chi connectivity index (χ2n) is 11.0. The van der Waals surface area contributed by atoms with Gasteiger partial charge in [0.1, 0.15) is 6.04 Å². The van der Waals surface area contributed by atoms with Crippen LogP contribution in [0.3, 0.4) is 0 Å². The van der Waals surface area contributed by atoms with Gasteiger partial charge in [0.05, 0.1) is 11.8 Å². The van der Waals surface area contributed by atoms with E-state index in [2.05, 4.69) is 10.6 Å². The molecule has 0 unspecified atom stereocenters. The highest BCUT2D eigenvalue weighted by atomic mass is 35.5. The third kappa shape index (κ3) is 10.4. The molecule has 3 aliphatic rings. The lowest BCUT2D eigenvalue weighted by atomic mass is 9.96. The van der Waals surface area contributed by atoms with E-state index >= 15 is 0 Å². The van der Waals surface area contributed by atoms with Gasteiger partial charge in [-0.2, -0.15) is 26.3 Å². The minimum absolute atomic E-state index is 0.0650. The van der Waals surface area contributed by atoms with Gasteiger partial charge >= 0.3 is 18.4 Å². The van der Waals surface area contributed by atoms with Crippen LogP contribution in [-0.4, -0.2) is 96.8 Å². The fraction of sp³-hybridized carbons (Fsp3) is 0.679. The number of nitrogens with one attached hydrogen (secondary N) is 2. The molecule has 1 aromatic rings. The van der Waals surface area contributed by atoms with Gasteiger partial charge < -0.3 is 25.3 Å². The predicted molar refractivity (Wildman–Crippen MR) is 149 cm³/mol. The molecule has 0 aliphatic carbocycles. The molecule has 43 heavy (non-hydrogen) atoms. The Morgan fingerprint density at radius 3 is 2.12 bits per heavy atom. The third-order valence-electron chi connectivity index (χ3n) is 8.02. The quantitative estimate of drug-likeness (QED) is 0.414. The minimum Gasteiger partial charge on any atom is -0.343 e. The van der Waals surface area contributed by atoms with Crippen molar-refractivity contribution in [1.29, 1.82) is 0 Å². The van der Waals surface area contributed by atoms with Crippen LogP contribution in [0.15, 0.2) is 24.3 Å². The maximum Gasteiger partial charge on any atom is 0.391 e. The molecule has 15 heteroatoms. The Morgan fingerprint density at radius 2 is 1.56 bits per heavy atom. The maximum atomic E-state index is 12.8. The summed E-state index contributed by atoms with van der Waals surface area (Å²) in [5.41, 5.74) is 0.535. The van der Waals surface area contributed by atoms with Crippen LogP contribution in [0.25, 0.3) is 0 Å². The number of hydrogen-bond donors (Lipinski definition) is 2. The number of carbonyl (C=O) groups excluding carboxylic acids is 3. The SMILES string of the molecule is C[C@H]1C(=O)N(CCCC(=O)N2CCC(C(F)(F)F)CC2)CCN1C(=O)Nc1cccc(Cl)c1.FC(F)(F)C1CCNCC1. The molecule has 0 saturated carbocycles. The Morgan fingerprint density at radius 1 is 0.953 bits per heavy atom. The zero-order valence-electron chi connectivity index (χ0n) is 23.9. The van der Waals surface area contributed by atoms with Crippen LogP contribution in [0.4, 0.5) is 36.8 Å². The van der Waals surface area contributed by atoms with Crippen molar-refractivity contribution in [2.24, 2.45) is 11.8 Å². The molecule has 0 aromatic heterocycles. The average Bonchev–Trinajstić information content (AvgIpc) is 2.95. The Balaban J connectivity index is 0.000000428. The van der Waals surface area contributed by atoms with E-state index < -0.39 is 36.3 Å². The number of piperidine rings is 2. The maximum absolute atomic E-state index is 12.8. The summed E-state index contributed by atoms with van der Waals surface area (Å²) in [6.07, 6.45) is -7.23. The monoisotopic (exact) mass is 641 g/mol. The first-order valence-corrected chi connectivity index (χ1v) is 14.8. The highest BCUT2D eigenvalue weighted by molar-refractivity contribution is 6.30. The Kier molecular flexibility index (Phi) is 12.4. The summed E-state index contributed by atoms with van der Waals surface area (Å²) in [6, 6.07) is 5.67. The molecule has 3 aliphatic heterocycles. The number of amides is 4. The fourth-order valence-electron chi connectivity index (χ4n) is 5.38. The number of benzene rings is 1. The molecule has 3 heterocycles. The number of piperazine rings is 1. The predicted octanol–water partition coefficient (Wildman–Crippen LogP) is 5.53. The highest BCUT2D eigenvalue weighted by Gasteiger charge is 2.42. The van der Waals surface area contributed by atoms with E-state index in [0.29, 0.717) is 49.9 Å². The number of nitrogens with zero attached hydrogens (tertiary/aromatic N) is 3. The molecule has 2 N–H and O–H groups in total. The number of rotatable bonds is 5. The van der Waals surface area contributed by atoms with E-state index in [0.717, 1.165) is 0 Å². The van der Waals surface area contributed by atoms with Gasteiger partial charge in [-0.25, -0.2) is 4.79 Å². The molecule has 242 valence electrons. The summed E-state index contributed by atoms with van der Waals surface area (Å²) in [5.74, 6) is -2.79. The molecule has 4 rings (SSSR count). The van der Waals surface area contributed by atoms with Crippen LogP contribution in [0.5, 0.6) is 0 Å². The van der Waals surface area contributed by atoms with Crippen LogP contribution in [0.1, 0.15) is 45.4 Å². The lowest BCUT2D eigenvalue weighted by Gasteiger charge is -2.39. The number of halogens is 7. The topological polar surface area (TPSA) is 85.0 Å². The summed E-state index contributed by atoms with van der Waals surface area (Å²) in [5, 5.41) is 6.11. The molecular formula is C28H38ClF6N5O3. The molecule has 0 spiro atoms. The van der Waals surface area contributed by atoms with Gasteiger partial charge in [0.25, 0.3) is 0 Å². The van der Waals surface area contributed by atoms with Gasteiger partial charge in [-0.1, -0.05) is 17.7 Å². The van der Waals surface area contributed by atoms with Crippen LogP contribution < -0.4 is 10.6 Å². The average molecular weight is 642 g/mol. The molecule has 0 bridgehead atoms. The van der Waals surface area contributed by atoms with Crippen LogP contribution in [-0.2, 0) is 9.59 Å². The molecule has 8 nitrogen and oxygen atoms in total. The van der Waals surface area contributed by atoms with Crippen molar-refractivity contribution in [2.45, 2.75) is 63.8 Å². The summed E-state index contributed by atoms with van der Waals surface area (Å²) < 4.78 is 74.1. The van der Waals surface area contributed by atoms with E-state index in [1.54, 1.807) is 36.1 Å². The van der Waals surface area contributed by atoms with E-state index in [-0.39, 0.29) is 57.0 Å². The molecule has 4 amide bonds. The Bertz CT molecular complexity index is 1090. The van der Waals surface area contributed by atoms with E-state index in [1.807, 2.05) is 0 Å². The molecular weight excluding hydrogens is 604 g/mol. The smallest absolute Gasteiger partial charge is 0.343 e. The van der Waals surface area contributed by atoms with Gasteiger partial charge in [-0.3, -0.25) is 9.59 Å². The second-order valence-corrected chi connectivity index (χ2v) is 11.4. The van der Waals surface area contributed by atoms with E-state index in [4.69, 9.17) is 11.6 Å². The van der Waals surface area contributed by atoms with Crippen molar-refractivity contribution >= 4 is 35.1 Å². The van der Waals surface area contributed by atoms with Gasteiger partial charge in [-0.05, 0) is 70.3 Å². The number of urea groups is 1. The van der Waals surface area contributed by atoms with Gasteiger partial charge in [0.15, 0.2) is 0 Å². The van der Waals surface area contributed by atoms with Gasteiger partial charge in [0.2, 0.25) is 11.8 Å². The summed E-state index contributed by atoms with van der Waals surface area (Å²) in [7, 11) is 0. The Hall–Kier alpha value is -2.74. The number of hydrogen-bond acceptors (Lipinski definition) is 4. The lowest BCUT2D eigenvalue weighted by Crippen LogP contribution is -2.58. The molecule has 1 atom stereocenters. The first-order valence-electron chi connectivity index (χ1n) is 14.4. The third-order valence-corrected chi connectivity index (χ3v) is 8.25. The van der Waals surface area contributed by atoms with Crippen molar-refractivity contribution in [3.05, 3.63) is 29.3 Å². The van der Waals surface area contributed by atoms with Gasteiger partial charge in [0, 0.05) is 49.9 Å². The molecule has 3 fully saturated rings. The highest BCUT2D eigenvalue weighted by Crippen LogP contribution is 2.34. The summed E-state index contributed by atoms with van der Waals surface area (Å²) in [6.45, 7) is 3.93. The number of carbonyl (C=O) groups is 3. The van der Waals surface area contributed by atoms with Crippen LogP contribution in [0, 0.1) is 11.8 Å². The normalized spacial score (nSPS) is 20.9. The van der Waals surface area contributed by atoms with Crippen LogP contribution in [0.2, 0.25) is 5.02 Å². The summed E-state index contributed by atoms with van der Waals surface area (Å²) in [4.78, 5) is 42.2. The zero-order valence-corrected chi connectivity index (χ0v) is 24.7. The van der Waals surface area contributed by atoms with Crippen molar-refractivity contribution in [2.75, 3.05) is 51.1 Å². The first-order chi connectivity index (χ1) is 20.2. The van der Waals surface area contributed by atoms with E-state index in [1.165, 1.54) is 9.80 Å². The lowest BCUT2D eigenvalue weighted by molar-refractivity contribution is -0.186. The second kappa shape index (κ2) is 15.3. The standard InChI is InChI=1S/C22H28ClF3N4O3.C6H10F3N/c1-15-20(32)29(12-13-30(15)21(33)27-18-5-2-4-17(23)14-18)9-3-6-19(31)28-10-7-16(8-11-28)22(24,25)26;7-6(8,9)5-1-3-10-4-2-5/h2,4-5,14-16H,3,6-13H2,1H3,(H,27,33);5,10H,1-4H2/t15-;/m0./s1. The number of likely N-dealkylation sites (tertiary alicyclic amines) is 1. The van der Waals surface area contributed by atoms with Crippen molar-refractivity contribution in [3.63, 3.8) is 0 Å². The minimum atomic E-state index is -4.21. The largest absolute Gasteiger partial charge is 0.391 e. The van der Waals surface area contributed by atoms with Crippen molar-refractivity contribution in [3.8, 4) is 0 Å². The zero-order chi connectivity index (χ0) is 31.8. The number of alkyl halides is 6. The Labute approximate surface area is 252 Å². The summed E-state index contributed by atoms with van der Waals surface area (Å²) >= 11 is 5.93. The van der Waals surface area contributed by atoms with Crippen molar-refractivity contribution in [1.82, 2.24) is 20.0 Å². The van der Waals surface area contributed by atoms with E-state index in [9.17, 15) is 40.7 Å². The number of anilines is 1. The van der Waals surface area contributed by atoms with Crippen molar-refractivity contribution < 1.29 is 40.7 Å². The first kappa shape index (κ1) is 34.7.